The van der Waals surface area contributed by atoms with Crippen molar-refractivity contribution in [3.63, 3.8) is 0 Å². The second-order valence-electron chi connectivity index (χ2n) is 5.74. The van der Waals surface area contributed by atoms with Gasteiger partial charge in [-0.25, -0.2) is 0 Å². The Bertz CT molecular complexity index is 368. The SMILES string of the molecule is COCCNCC(CCCC(C)C)c1ccccc1Br. The van der Waals surface area contributed by atoms with Crippen LogP contribution in [-0.4, -0.2) is 26.8 Å². The third kappa shape index (κ3) is 6.87. The van der Waals surface area contributed by atoms with Gasteiger partial charge in [-0.1, -0.05) is 60.8 Å². The highest BCUT2D eigenvalue weighted by molar-refractivity contribution is 9.10. The molecular weight excluding hydrogens is 314 g/mol. The van der Waals surface area contributed by atoms with Crippen molar-refractivity contribution in [3.05, 3.63) is 34.3 Å². The quantitative estimate of drug-likeness (QED) is 0.628. The van der Waals surface area contributed by atoms with Crippen LogP contribution in [0.15, 0.2) is 28.7 Å². The van der Waals surface area contributed by atoms with E-state index in [0.717, 1.165) is 25.6 Å². The van der Waals surface area contributed by atoms with Gasteiger partial charge in [0.2, 0.25) is 0 Å². The lowest BCUT2D eigenvalue weighted by molar-refractivity contribution is 0.198. The fraction of sp³-hybridized carbons (Fsp3) is 0.647. The zero-order valence-electron chi connectivity index (χ0n) is 13.0. The van der Waals surface area contributed by atoms with Crippen LogP contribution in [0.4, 0.5) is 0 Å². The average Bonchev–Trinajstić information content (AvgIpc) is 2.42. The highest BCUT2D eigenvalue weighted by Gasteiger charge is 2.14. The summed E-state index contributed by atoms with van der Waals surface area (Å²) in [5, 5.41) is 3.50. The summed E-state index contributed by atoms with van der Waals surface area (Å²) in [6, 6.07) is 8.59. The molecule has 0 aliphatic carbocycles. The van der Waals surface area contributed by atoms with Crippen LogP contribution in [0.5, 0.6) is 0 Å². The monoisotopic (exact) mass is 341 g/mol. The Kier molecular flexibility index (Phi) is 9.16. The Morgan fingerprint density at radius 3 is 2.60 bits per heavy atom. The molecule has 1 aromatic rings. The molecule has 1 rings (SSSR count). The summed E-state index contributed by atoms with van der Waals surface area (Å²) in [5.74, 6) is 1.36. The molecule has 2 nitrogen and oxygen atoms in total. The van der Waals surface area contributed by atoms with Crippen molar-refractivity contribution in [2.75, 3.05) is 26.8 Å². The molecule has 1 atom stereocenters. The maximum atomic E-state index is 5.09. The first-order valence-corrected chi connectivity index (χ1v) is 8.38. The van der Waals surface area contributed by atoms with E-state index in [9.17, 15) is 0 Å². The number of benzene rings is 1. The number of rotatable bonds is 10. The van der Waals surface area contributed by atoms with Crippen LogP contribution in [0.25, 0.3) is 0 Å². The van der Waals surface area contributed by atoms with E-state index in [1.807, 2.05) is 0 Å². The second-order valence-corrected chi connectivity index (χ2v) is 6.59. The number of methoxy groups -OCH3 is 1. The Morgan fingerprint density at radius 1 is 1.20 bits per heavy atom. The maximum Gasteiger partial charge on any atom is 0.0587 e. The first kappa shape index (κ1) is 17.7. The number of nitrogens with one attached hydrogen (secondary N) is 1. The van der Waals surface area contributed by atoms with Gasteiger partial charge in [0.25, 0.3) is 0 Å². The summed E-state index contributed by atoms with van der Waals surface area (Å²) >= 11 is 3.69. The Balaban J connectivity index is 2.56. The zero-order valence-corrected chi connectivity index (χ0v) is 14.6. The fourth-order valence-corrected chi connectivity index (χ4v) is 3.01. The number of ether oxygens (including phenoxy) is 1. The van der Waals surface area contributed by atoms with Crippen LogP contribution < -0.4 is 5.32 Å². The number of halogens is 1. The molecule has 0 amide bonds. The molecule has 0 spiro atoms. The summed E-state index contributed by atoms with van der Waals surface area (Å²) in [6.45, 7) is 7.30. The van der Waals surface area contributed by atoms with Crippen molar-refractivity contribution in [2.24, 2.45) is 5.92 Å². The van der Waals surface area contributed by atoms with Gasteiger partial charge in [0, 0.05) is 24.7 Å². The standard InChI is InChI=1S/C17H28BrNO/c1-14(2)7-6-8-15(13-19-11-12-20-3)16-9-4-5-10-17(16)18/h4-5,9-10,14-15,19H,6-8,11-13H2,1-3H3. The minimum atomic E-state index is 0.571. The van der Waals surface area contributed by atoms with Gasteiger partial charge in [0.05, 0.1) is 6.61 Å². The van der Waals surface area contributed by atoms with Crippen LogP contribution in [0.2, 0.25) is 0 Å². The van der Waals surface area contributed by atoms with E-state index in [-0.39, 0.29) is 0 Å². The Morgan fingerprint density at radius 2 is 1.95 bits per heavy atom. The summed E-state index contributed by atoms with van der Waals surface area (Å²) < 4.78 is 6.32. The lowest BCUT2D eigenvalue weighted by atomic mass is 9.92. The zero-order chi connectivity index (χ0) is 14.8. The Labute approximate surface area is 132 Å². The molecule has 1 unspecified atom stereocenters. The van der Waals surface area contributed by atoms with Gasteiger partial charge in [0.15, 0.2) is 0 Å². The third-order valence-corrected chi connectivity index (χ3v) is 4.27. The topological polar surface area (TPSA) is 21.3 Å². The summed E-state index contributed by atoms with van der Waals surface area (Å²) in [5.41, 5.74) is 1.42. The molecule has 3 heteroatoms. The summed E-state index contributed by atoms with van der Waals surface area (Å²) in [7, 11) is 1.75. The van der Waals surface area contributed by atoms with Crippen molar-refractivity contribution >= 4 is 15.9 Å². The van der Waals surface area contributed by atoms with Crippen molar-refractivity contribution < 1.29 is 4.74 Å². The predicted octanol–water partition coefficient (Wildman–Crippen LogP) is 4.60. The van der Waals surface area contributed by atoms with Crippen LogP contribution in [0, 0.1) is 5.92 Å². The number of hydrogen-bond donors (Lipinski definition) is 1. The molecule has 0 saturated carbocycles. The van der Waals surface area contributed by atoms with E-state index in [4.69, 9.17) is 4.74 Å². The van der Waals surface area contributed by atoms with Crippen LogP contribution in [0.1, 0.15) is 44.6 Å². The fourth-order valence-electron chi connectivity index (χ4n) is 2.40. The molecule has 0 fully saturated rings. The molecule has 0 aromatic heterocycles. The highest BCUT2D eigenvalue weighted by atomic mass is 79.9. The van der Waals surface area contributed by atoms with E-state index in [0.29, 0.717) is 5.92 Å². The van der Waals surface area contributed by atoms with E-state index >= 15 is 0 Å². The minimum Gasteiger partial charge on any atom is -0.383 e. The van der Waals surface area contributed by atoms with Gasteiger partial charge >= 0.3 is 0 Å². The van der Waals surface area contributed by atoms with Crippen molar-refractivity contribution in [1.29, 1.82) is 0 Å². The highest BCUT2D eigenvalue weighted by Crippen LogP contribution is 2.28. The first-order valence-electron chi connectivity index (χ1n) is 7.59. The van der Waals surface area contributed by atoms with Gasteiger partial charge < -0.3 is 10.1 Å². The van der Waals surface area contributed by atoms with Crippen LogP contribution in [-0.2, 0) is 4.74 Å². The van der Waals surface area contributed by atoms with Crippen molar-refractivity contribution in [2.45, 2.75) is 39.0 Å². The van der Waals surface area contributed by atoms with Gasteiger partial charge in [-0.2, -0.15) is 0 Å². The molecule has 0 bridgehead atoms. The maximum absolute atomic E-state index is 5.09. The smallest absolute Gasteiger partial charge is 0.0587 e. The molecule has 1 aromatic carbocycles. The molecule has 0 aliphatic rings. The Hall–Kier alpha value is -0.380. The van der Waals surface area contributed by atoms with Gasteiger partial charge in [0.1, 0.15) is 0 Å². The predicted molar refractivity (Wildman–Crippen MR) is 90.3 cm³/mol. The van der Waals surface area contributed by atoms with Crippen molar-refractivity contribution in [1.82, 2.24) is 5.32 Å². The average molecular weight is 342 g/mol. The molecule has 0 aliphatic heterocycles. The normalized spacial score (nSPS) is 12.8. The van der Waals surface area contributed by atoms with Crippen LogP contribution in [0.3, 0.4) is 0 Å². The molecule has 0 radical (unpaired) electrons. The molecular formula is C17H28BrNO. The van der Waals surface area contributed by atoms with E-state index in [2.05, 4.69) is 59.4 Å². The molecule has 0 heterocycles. The van der Waals surface area contributed by atoms with Gasteiger partial charge in [-0.05, 0) is 29.9 Å². The second kappa shape index (κ2) is 10.4. The molecule has 20 heavy (non-hydrogen) atoms. The summed E-state index contributed by atoms with van der Waals surface area (Å²) in [6.07, 6.45) is 3.83. The molecule has 1 N–H and O–H groups in total. The van der Waals surface area contributed by atoms with Crippen molar-refractivity contribution in [3.8, 4) is 0 Å². The summed E-state index contributed by atoms with van der Waals surface area (Å²) in [4.78, 5) is 0. The lowest BCUT2D eigenvalue weighted by Gasteiger charge is -2.20. The molecule has 0 saturated heterocycles. The van der Waals surface area contributed by atoms with Gasteiger partial charge in [-0.3, -0.25) is 0 Å². The molecule has 114 valence electrons. The first-order chi connectivity index (χ1) is 9.65. The van der Waals surface area contributed by atoms with Gasteiger partial charge in [-0.15, -0.1) is 0 Å². The largest absolute Gasteiger partial charge is 0.383 e. The van der Waals surface area contributed by atoms with E-state index in [1.165, 1.54) is 29.3 Å². The lowest BCUT2D eigenvalue weighted by Crippen LogP contribution is -2.25. The van der Waals surface area contributed by atoms with Crippen LogP contribution >= 0.6 is 15.9 Å². The third-order valence-electron chi connectivity index (χ3n) is 3.55. The number of hydrogen-bond acceptors (Lipinski definition) is 2. The van der Waals surface area contributed by atoms with E-state index < -0.39 is 0 Å². The minimum absolute atomic E-state index is 0.571. The van der Waals surface area contributed by atoms with E-state index in [1.54, 1.807) is 7.11 Å².